The number of nitrogens with two attached hydrogens (primary N) is 1. The third-order valence-corrected chi connectivity index (χ3v) is 2.72. The van der Waals surface area contributed by atoms with E-state index in [1.165, 1.54) is 0 Å². The van der Waals surface area contributed by atoms with E-state index in [4.69, 9.17) is 15.2 Å². The third kappa shape index (κ3) is 2.09. The van der Waals surface area contributed by atoms with Crippen LogP contribution in [0.1, 0.15) is 5.56 Å². The maximum atomic E-state index is 6.03. The number of ether oxygens (including phenoxy) is 2. The van der Waals surface area contributed by atoms with Crippen molar-refractivity contribution in [2.24, 2.45) is 0 Å². The van der Waals surface area contributed by atoms with Crippen LogP contribution in [0.2, 0.25) is 0 Å². The molecule has 0 spiro atoms. The number of pyridine rings is 1. The molecule has 0 atom stereocenters. The van der Waals surface area contributed by atoms with Crippen LogP contribution in [0, 0.1) is 6.92 Å². The third-order valence-electron chi connectivity index (χ3n) is 2.72. The van der Waals surface area contributed by atoms with Gasteiger partial charge in [0.1, 0.15) is 17.2 Å². The number of benzene rings is 1. The Kier molecular flexibility index (Phi) is 3.37. The summed E-state index contributed by atoms with van der Waals surface area (Å²) in [6.07, 6.45) is 1.78. The summed E-state index contributed by atoms with van der Waals surface area (Å²) in [5.74, 6) is 1.38. The summed E-state index contributed by atoms with van der Waals surface area (Å²) in [5.41, 5.74) is 9.11. The van der Waals surface area contributed by atoms with Gasteiger partial charge in [0.15, 0.2) is 0 Å². The second-order valence-corrected chi connectivity index (χ2v) is 3.99. The van der Waals surface area contributed by atoms with Crippen molar-refractivity contribution in [2.45, 2.75) is 6.92 Å². The van der Waals surface area contributed by atoms with Crippen LogP contribution >= 0.6 is 0 Å². The van der Waals surface area contributed by atoms with Crippen LogP contribution in [0.25, 0.3) is 11.3 Å². The molecule has 2 N–H and O–H groups in total. The highest BCUT2D eigenvalue weighted by atomic mass is 16.5. The average molecular weight is 244 g/mol. The molecule has 0 amide bonds. The van der Waals surface area contributed by atoms with Gasteiger partial charge in [0.25, 0.3) is 0 Å². The Hall–Kier alpha value is -2.23. The van der Waals surface area contributed by atoms with Gasteiger partial charge in [-0.15, -0.1) is 0 Å². The number of hydrogen-bond donors (Lipinski definition) is 1. The molecule has 0 saturated carbocycles. The van der Waals surface area contributed by atoms with Crippen molar-refractivity contribution >= 4 is 5.69 Å². The smallest absolute Gasteiger partial charge is 0.132 e. The van der Waals surface area contributed by atoms with Gasteiger partial charge in [0.2, 0.25) is 0 Å². The van der Waals surface area contributed by atoms with Gasteiger partial charge in [-0.1, -0.05) is 6.07 Å². The average Bonchev–Trinajstić information content (AvgIpc) is 2.38. The van der Waals surface area contributed by atoms with E-state index in [2.05, 4.69) is 4.98 Å². The maximum absolute atomic E-state index is 6.03. The predicted octanol–water partition coefficient (Wildman–Crippen LogP) is 2.66. The van der Waals surface area contributed by atoms with Crippen LogP contribution in [0.3, 0.4) is 0 Å². The lowest BCUT2D eigenvalue weighted by molar-refractivity contribution is 0.397. The minimum Gasteiger partial charge on any atom is -0.496 e. The van der Waals surface area contributed by atoms with Crippen molar-refractivity contribution in [2.75, 3.05) is 20.0 Å². The fourth-order valence-corrected chi connectivity index (χ4v) is 1.89. The Morgan fingerprint density at radius 3 is 2.22 bits per heavy atom. The number of nitrogens with zero attached hydrogens (tertiary/aromatic N) is 1. The predicted molar refractivity (Wildman–Crippen MR) is 71.9 cm³/mol. The highest BCUT2D eigenvalue weighted by Gasteiger charge is 2.15. The number of hydrogen-bond acceptors (Lipinski definition) is 4. The molecular formula is C14H16N2O2. The molecule has 1 heterocycles. The number of nitrogen functional groups attached to an aromatic ring is 1. The van der Waals surface area contributed by atoms with Gasteiger partial charge >= 0.3 is 0 Å². The standard InChI is InChI=1S/C14H16N2O2/c1-9-7-10(15)14(16-8-9)13-11(17-2)5-4-6-12(13)18-3/h4-8H,15H2,1-3H3. The quantitative estimate of drug-likeness (QED) is 0.901. The molecule has 18 heavy (non-hydrogen) atoms. The summed E-state index contributed by atoms with van der Waals surface area (Å²) >= 11 is 0. The van der Waals surface area contributed by atoms with E-state index in [-0.39, 0.29) is 0 Å². The first-order valence-electron chi connectivity index (χ1n) is 5.61. The molecule has 0 bridgehead atoms. The molecule has 0 aliphatic heterocycles. The van der Waals surface area contributed by atoms with Crippen LogP contribution in [0.4, 0.5) is 5.69 Å². The lowest BCUT2D eigenvalue weighted by Gasteiger charge is -2.14. The molecule has 1 aromatic carbocycles. The number of anilines is 1. The zero-order chi connectivity index (χ0) is 13.1. The second-order valence-electron chi connectivity index (χ2n) is 3.99. The Morgan fingerprint density at radius 2 is 1.72 bits per heavy atom. The van der Waals surface area contributed by atoms with Crippen LogP contribution in [0.5, 0.6) is 11.5 Å². The van der Waals surface area contributed by atoms with E-state index in [1.54, 1.807) is 20.4 Å². The van der Waals surface area contributed by atoms with Crippen LogP contribution in [-0.4, -0.2) is 19.2 Å². The van der Waals surface area contributed by atoms with Crippen molar-refractivity contribution < 1.29 is 9.47 Å². The summed E-state index contributed by atoms with van der Waals surface area (Å²) in [7, 11) is 3.23. The zero-order valence-electron chi connectivity index (χ0n) is 10.7. The SMILES string of the molecule is COc1cccc(OC)c1-c1ncc(C)cc1N. The van der Waals surface area contributed by atoms with Crippen LogP contribution in [-0.2, 0) is 0 Å². The molecule has 0 radical (unpaired) electrons. The molecule has 1 aromatic heterocycles. The normalized spacial score (nSPS) is 10.2. The summed E-state index contributed by atoms with van der Waals surface area (Å²) < 4.78 is 10.7. The Morgan fingerprint density at radius 1 is 1.11 bits per heavy atom. The van der Waals surface area contributed by atoms with E-state index < -0.39 is 0 Å². The van der Waals surface area contributed by atoms with Gasteiger partial charge < -0.3 is 15.2 Å². The molecule has 94 valence electrons. The molecule has 4 heteroatoms. The van der Waals surface area contributed by atoms with Gasteiger partial charge in [-0.3, -0.25) is 4.98 Å². The van der Waals surface area contributed by atoms with E-state index in [0.717, 1.165) is 11.1 Å². The molecule has 4 nitrogen and oxygen atoms in total. The van der Waals surface area contributed by atoms with Crippen molar-refractivity contribution in [3.63, 3.8) is 0 Å². The summed E-state index contributed by atoms with van der Waals surface area (Å²) in [5, 5.41) is 0. The molecule has 2 aromatic rings. The molecular weight excluding hydrogens is 228 g/mol. The monoisotopic (exact) mass is 244 g/mol. The number of aromatic nitrogens is 1. The van der Waals surface area contributed by atoms with Crippen LogP contribution < -0.4 is 15.2 Å². The fourth-order valence-electron chi connectivity index (χ4n) is 1.89. The van der Waals surface area contributed by atoms with Gasteiger partial charge in [-0.05, 0) is 30.7 Å². The van der Waals surface area contributed by atoms with Crippen molar-refractivity contribution in [1.82, 2.24) is 4.98 Å². The lowest BCUT2D eigenvalue weighted by Crippen LogP contribution is -1.99. The Balaban J connectivity index is 2.68. The first-order chi connectivity index (χ1) is 8.67. The van der Waals surface area contributed by atoms with Crippen molar-refractivity contribution in [1.29, 1.82) is 0 Å². The van der Waals surface area contributed by atoms with Gasteiger partial charge in [0.05, 0.1) is 25.5 Å². The van der Waals surface area contributed by atoms with Gasteiger partial charge in [0, 0.05) is 6.20 Å². The highest BCUT2D eigenvalue weighted by molar-refractivity contribution is 5.82. The fraction of sp³-hybridized carbons (Fsp3) is 0.214. The van der Waals surface area contributed by atoms with E-state index in [0.29, 0.717) is 22.9 Å². The largest absolute Gasteiger partial charge is 0.496 e. The number of rotatable bonds is 3. The van der Waals surface area contributed by atoms with Gasteiger partial charge in [-0.25, -0.2) is 0 Å². The minimum absolute atomic E-state index is 0.609. The molecule has 0 unspecified atom stereocenters. The number of methoxy groups -OCH3 is 2. The zero-order valence-corrected chi connectivity index (χ0v) is 10.7. The topological polar surface area (TPSA) is 57.4 Å². The van der Waals surface area contributed by atoms with Crippen LogP contribution in [0.15, 0.2) is 30.5 Å². The molecule has 0 aliphatic rings. The molecule has 0 fully saturated rings. The molecule has 0 aliphatic carbocycles. The first kappa shape index (κ1) is 12.2. The summed E-state index contributed by atoms with van der Waals surface area (Å²) in [6.45, 7) is 1.95. The van der Waals surface area contributed by atoms with E-state index in [1.807, 2.05) is 31.2 Å². The van der Waals surface area contributed by atoms with E-state index >= 15 is 0 Å². The number of aryl methyl sites for hydroxylation is 1. The van der Waals surface area contributed by atoms with Gasteiger partial charge in [-0.2, -0.15) is 0 Å². The first-order valence-corrected chi connectivity index (χ1v) is 5.61. The summed E-state index contributed by atoms with van der Waals surface area (Å²) in [6, 6.07) is 7.47. The molecule has 0 saturated heterocycles. The summed E-state index contributed by atoms with van der Waals surface area (Å²) in [4.78, 5) is 4.38. The Labute approximate surface area is 106 Å². The van der Waals surface area contributed by atoms with Crippen molar-refractivity contribution in [3.05, 3.63) is 36.0 Å². The lowest BCUT2D eigenvalue weighted by atomic mass is 10.1. The highest BCUT2D eigenvalue weighted by Crippen LogP contribution is 2.39. The molecule has 2 rings (SSSR count). The van der Waals surface area contributed by atoms with E-state index in [9.17, 15) is 0 Å². The minimum atomic E-state index is 0.609. The Bertz CT molecular complexity index is 545. The second kappa shape index (κ2) is 4.96. The van der Waals surface area contributed by atoms with Crippen molar-refractivity contribution in [3.8, 4) is 22.8 Å². The maximum Gasteiger partial charge on any atom is 0.132 e.